The van der Waals surface area contributed by atoms with Crippen LogP contribution < -0.4 is 4.74 Å². The highest BCUT2D eigenvalue weighted by atomic mass is 16.6. The zero-order valence-electron chi connectivity index (χ0n) is 18.6. The Bertz CT molecular complexity index is 729. The number of rotatable bonds is 12. The Morgan fingerprint density at radius 3 is 2.00 bits per heavy atom. The molecule has 6 heteroatoms. The first-order chi connectivity index (χ1) is 14.9. The molecule has 0 radical (unpaired) electrons. The zero-order valence-corrected chi connectivity index (χ0v) is 18.6. The summed E-state index contributed by atoms with van der Waals surface area (Å²) in [6.45, 7) is 12.5. The van der Waals surface area contributed by atoms with Crippen LogP contribution in [0.25, 0.3) is 0 Å². The highest BCUT2D eigenvalue weighted by Gasteiger charge is 2.34. The van der Waals surface area contributed by atoms with Gasteiger partial charge in [0.2, 0.25) is 0 Å². The zero-order chi connectivity index (χ0) is 22.7. The Morgan fingerprint density at radius 1 is 0.903 bits per heavy atom. The summed E-state index contributed by atoms with van der Waals surface area (Å²) in [6, 6.07) is 8.15. The third kappa shape index (κ3) is 7.87. The summed E-state index contributed by atoms with van der Waals surface area (Å²) in [5.74, 6) is 0.457. The van der Waals surface area contributed by atoms with Crippen LogP contribution in [-0.2, 0) is 29.2 Å². The maximum atomic E-state index is 11.0. The summed E-state index contributed by atoms with van der Waals surface area (Å²) in [5, 5.41) is 0. The molecule has 1 saturated carbocycles. The van der Waals surface area contributed by atoms with Gasteiger partial charge in [0.15, 0.2) is 0 Å². The fourth-order valence-electron chi connectivity index (χ4n) is 3.94. The molecule has 0 amide bonds. The summed E-state index contributed by atoms with van der Waals surface area (Å²) in [6.07, 6.45) is 6.72. The number of esters is 2. The second kappa shape index (κ2) is 12.3. The molecule has 0 bridgehead atoms. The number of benzene rings is 1. The summed E-state index contributed by atoms with van der Waals surface area (Å²) >= 11 is 0. The lowest BCUT2D eigenvalue weighted by Gasteiger charge is -2.39. The number of hydrogen-bond acceptors (Lipinski definition) is 6. The van der Waals surface area contributed by atoms with Gasteiger partial charge in [0.1, 0.15) is 25.6 Å². The van der Waals surface area contributed by atoms with Crippen LogP contribution in [-0.4, -0.2) is 44.5 Å². The second-order valence-electron chi connectivity index (χ2n) is 8.18. The molecule has 0 heterocycles. The van der Waals surface area contributed by atoms with Crippen molar-refractivity contribution in [3.05, 3.63) is 55.1 Å². The van der Waals surface area contributed by atoms with E-state index in [2.05, 4.69) is 39.1 Å². The Hall–Kier alpha value is -2.60. The van der Waals surface area contributed by atoms with Crippen molar-refractivity contribution in [1.29, 1.82) is 0 Å². The van der Waals surface area contributed by atoms with E-state index in [0.717, 1.165) is 43.6 Å². The molecule has 0 N–H and O–H groups in total. The van der Waals surface area contributed by atoms with Crippen LogP contribution in [0, 0.1) is 5.92 Å². The number of ether oxygens (including phenoxy) is 4. The second-order valence-corrected chi connectivity index (χ2v) is 8.18. The topological polar surface area (TPSA) is 71.1 Å². The molecule has 1 fully saturated rings. The number of carbonyl (C=O) groups is 2. The maximum absolute atomic E-state index is 11.0. The Balaban J connectivity index is 1.76. The van der Waals surface area contributed by atoms with E-state index in [9.17, 15) is 9.59 Å². The van der Waals surface area contributed by atoms with E-state index < -0.39 is 11.9 Å². The molecule has 0 atom stereocenters. The molecule has 6 nitrogen and oxygen atoms in total. The van der Waals surface area contributed by atoms with Crippen LogP contribution in [0.4, 0.5) is 0 Å². The van der Waals surface area contributed by atoms with Crippen LogP contribution in [0.5, 0.6) is 5.75 Å². The summed E-state index contributed by atoms with van der Waals surface area (Å²) in [4.78, 5) is 22.1. The van der Waals surface area contributed by atoms with E-state index in [1.165, 1.54) is 5.56 Å². The fourth-order valence-corrected chi connectivity index (χ4v) is 3.94. The van der Waals surface area contributed by atoms with Gasteiger partial charge in [-0.25, -0.2) is 9.59 Å². The van der Waals surface area contributed by atoms with Gasteiger partial charge < -0.3 is 18.9 Å². The molecule has 1 aromatic carbocycles. The van der Waals surface area contributed by atoms with E-state index in [4.69, 9.17) is 18.9 Å². The maximum Gasteiger partial charge on any atom is 0.330 e. The predicted octanol–water partition coefficient (Wildman–Crippen LogP) is 4.38. The van der Waals surface area contributed by atoms with E-state index in [1.807, 2.05) is 12.1 Å². The molecule has 0 aromatic heterocycles. The van der Waals surface area contributed by atoms with Crippen molar-refractivity contribution in [3.63, 3.8) is 0 Å². The van der Waals surface area contributed by atoms with E-state index in [1.54, 1.807) is 0 Å². The van der Waals surface area contributed by atoms with E-state index >= 15 is 0 Å². The minimum atomic E-state index is -0.447. The molecule has 170 valence electrons. The lowest BCUT2D eigenvalue weighted by Crippen LogP contribution is -2.34. The standard InChI is InChI=1S/C25H34O6/c1-5-23(26)30-17-15-28-21-11-7-19(8-12-21)25(3,4)20-9-13-22(14-10-20)29-16-18-31-24(27)6-2/h5-8,11-12,20,22H,1-2,9-10,13-18H2,3-4H3. The number of hydrogen-bond donors (Lipinski definition) is 0. The van der Waals surface area contributed by atoms with Crippen LogP contribution in [0.3, 0.4) is 0 Å². The average Bonchev–Trinajstić information content (AvgIpc) is 2.79. The first-order valence-corrected chi connectivity index (χ1v) is 10.8. The van der Waals surface area contributed by atoms with Crippen LogP contribution >= 0.6 is 0 Å². The molecular formula is C25H34O6. The summed E-state index contributed by atoms with van der Waals surface area (Å²) < 4.78 is 21.4. The quantitative estimate of drug-likeness (QED) is 0.278. The molecular weight excluding hydrogens is 396 g/mol. The van der Waals surface area contributed by atoms with Gasteiger partial charge in [-0.3, -0.25) is 0 Å². The average molecular weight is 431 g/mol. The molecule has 31 heavy (non-hydrogen) atoms. The minimum Gasteiger partial charge on any atom is -0.490 e. The van der Waals surface area contributed by atoms with Crippen molar-refractivity contribution in [2.24, 2.45) is 5.92 Å². The highest BCUT2D eigenvalue weighted by Crippen LogP contribution is 2.41. The van der Waals surface area contributed by atoms with Gasteiger partial charge in [0.05, 0.1) is 12.7 Å². The third-order valence-electron chi connectivity index (χ3n) is 5.90. The van der Waals surface area contributed by atoms with Crippen LogP contribution in [0.2, 0.25) is 0 Å². The summed E-state index contributed by atoms with van der Waals surface area (Å²) in [7, 11) is 0. The lowest BCUT2D eigenvalue weighted by atomic mass is 9.67. The van der Waals surface area contributed by atoms with Gasteiger partial charge in [0, 0.05) is 12.2 Å². The van der Waals surface area contributed by atoms with Crippen molar-refractivity contribution in [1.82, 2.24) is 0 Å². The van der Waals surface area contributed by atoms with Crippen molar-refractivity contribution < 1.29 is 28.5 Å². The molecule has 0 saturated heterocycles. The summed E-state index contributed by atoms with van der Waals surface area (Å²) in [5.41, 5.74) is 1.32. The van der Waals surface area contributed by atoms with Crippen molar-refractivity contribution in [3.8, 4) is 5.75 Å². The molecule has 0 spiro atoms. The highest BCUT2D eigenvalue weighted by molar-refractivity contribution is 5.81. The molecule has 1 aromatic rings. The van der Waals surface area contributed by atoms with Crippen molar-refractivity contribution >= 4 is 11.9 Å². The first kappa shape index (κ1) is 24.7. The molecule has 0 aliphatic heterocycles. The first-order valence-electron chi connectivity index (χ1n) is 10.8. The molecule has 1 aliphatic rings. The SMILES string of the molecule is C=CC(=O)OCCOc1ccc(C(C)(C)C2CCC(OCCOC(=O)C=C)CC2)cc1. The Morgan fingerprint density at radius 2 is 1.45 bits per heavy atom. The van der Waals surface area contributed by atoms with E-state index in [-0.39, 0.29) is 24.7 Å². The molecule has 0 unspecified atom stereocenters. The third-order valence-corrected chi connectivity index (χ3v) is 5.90. The predicted molar refractivity (Wildman–Crippen MR) is 119 cm³/mol. The van der Waals surface area contributed by atoms with Crippen molar-refractivity contribution in [2.75, 3.05) is 26.4 Å². The van der Waals surface area contributed by atoms with Crippen molar-refractivity contribution in [2.45, 2.75) is 51.0 Å². The van der Waals surface area contributed by atoms with Gasteiger partial charge in [0.25, 0.3) is 0 Å². The smallest absolute Gasteiger partial charge is 0.330 e. The van der Waals surface area contributed by atoms with Crippen LogP contribution in [0.15, 0.2) is 49.6 Å². The van der Waals surface area contributed by atoms with E-state index in [0.29, 0.717) is 19.1 Å². The lowest BCUT2D eigenvalue weighted by molar-refractivity contribution is -0.140. The monoisotopic (exact) mass is 430 g/mol. The largest absolute Gasteiger partial charge is 0.490 e. The Labute approximate surface area is 185 Å². The van der Waals surface area contributed by atoms with Gasteiger partial charge in [-0.05, 0) is 54.7 Å². The molecule has 1 aliphatic carbocycles. The van der Waals surface area contributed by atoms with Gasteiger partial charge >= 0.3 is 11.9 Å². The minimum absolute atomic E-state index is 0.0441. The normalized spacial score (nSPS) is 18.6. The Kier molecular flexibility index (Phi) is 9.79. The van der Waals surface area contributed by atoms with Gasteiger partial charge in [-0.1, -0.05) is 39.1 Å². The van der Waals surface area contributed by atoms with Crippen LogP contribution in [0.1, 0.15) is 45.1 Å². The molecule has 2 rings (SSSR count). The number of carbonyl (C=O) groups excluding carboxylic acids is 2. The fraction of sp³-hybridized carbons (Fsp3) is 0.520. The van der Waals surface area contributed by atoms with Gasteiger partial charge in [-0.2, -0.15) is 0 Å². The van der Waals surface area contributed by atoms with Gasteiger partial charge in [-0.15, -0.1) is 0 Å².